The number of nitrogens with one attached hydrogen (secondary N) is 1. The molecule has 1 atom stereocenters. The second-order valence-electron chi connectivity index (χ2n) is 7.15. The number of nitrogens with zero attached hydrogens (tertiary/aromatic N) is 4. The summed E-state index contributed by atoms with van der Waals surface area (Å²) >= 11 is 6.14. The number of halogens is 1. The molecule has 9 nitrogen and oxygen atoms in total. The third kappa shape index (κ3) is 6.19. The van der Waals surface area contributed by atoms with Gasteiger partial charge in [0.25, 0.3) is 0 Å². The minimum Gasteiger partial charge on any atom is -0.495 e. The first-order chi connectivity index (χ1) is 14.4. The summed E-state index contributed by atoms with van der Waals surface area (Å²) in [5.74, 6) is 0.718. The predicted molar refractivity (Wildman–Crippen MR) is 116 cm³/mol. The quantitative estimate of drug-likeness (QED) is 0.529. The maximum Gasteiger partial charge on any atom is 0.223 e. The normalized spacial score (nSPS) is 15.6. The third-order valence-corrected chi connectivity index (χ3v) is 5.12. The number of aliphatic hydroxyl groups is 1. The molecular weight excluding hydrogens is 408 g/mol. The fourth-order valence-corrected chi connectivity index (χ4v) is 3.58. The van der Waals surface area contributed by atoms with Gasteiger partial charge in [-0.05, 0) is 24.3 Å². The van der Waals surface area contributed by atoms with Crippen molar-refractivity contribution in [1.82, 2.24) is 14.9 Å². The molecule has 0 saturated carbocycles. The number of aliphatic hydroxyl groups excluding tert-OH is 1. The molecule has 1 aromatic heterocycles. The summed E-state index contributed by atoms with van der Waals surface area (Å²) in [5.41, 5.74) is 6.72. The topological polar surface area (TPSA) is 117 Å². The smallest absolute Gasteiger partial charge is 0.223 e. The molecule has 0 bridgehead atoms. The number of ether oxygens (including phenoxy) is 1. The Morgan fingerprint density at radius 3 is 2.80 bits per heavy atom. The van der Waals surface area contributed by atoms with Gasteiger partial charge in [-0.25, -0.2) is 9.97 Å². The van der Waals surface area contributed by atoms with E-state index in [2.05, 4.69) is 25.1 Å². The van der Waals surface area contributed by atoms with Crippen LogP contribution in [-0.4, -0.2) is 78.4 Å². The number of nitrogens with two attached hydrogens (primary N) is 1. The van der Waals surface area contributed by atoms with E-state index >= 15 is 0 Å². The molecule has 30 heavy (non-hydrogen) atoms. The van der Waals surface area contributed by atoms with E-state index in [1.807, 2.05) is 18.2 Å². The third-order valence-electron chi connectivity index (χ3n) is 4.89. The van der Waals surface area contributed by atoms with Crippen molar-refractivity contribution in [1.29, 1.82) is 0 Å². The Hall–Kier alpha value is -2.62. The van der Waals surface area contributed by atoms with E-state index in [0.717, 1.165) is 37.6 Å². The Morgan fingerprint density at radius 2 is 2.10 bits per heavy atom. The van der Waals surface area contributed by atoms with Crippen LogP contribution in [0.5, 0.6) is 5.75 Å². The number of anilines is 2. The Labute approximate surface area is 180 Å². The van der Waals surface area contributed by atoms with Crippen molar-refractivity contribution < 1.29 is 14.6 Å². The zero-order valence-corrected chi connectivity index (χ0v) is 17.7. The van der Waals surface area contributed by atoms with E-state index in [-0.39, 0.29) is 6.42 Å². The highest BCUT2D eigenvalue weighted by atomic mass is 35.5. The highest BCUT2D eigenvalue weighted by molar-refractivity contribution is 6.30. The van der Waals surface area contributed by atoms with Crippen molar-refractivity contribution in [3.63, 3.8) is 0 Å². The number of hydrogen-bond acceptors (Lipinski definition) is 8. The molecule has 2 heterocycles. The zero-order valence-electron chi connectivity index (χ0n) is 16.9. The molecule has 0 radical (unpaired) electrons. The van der Waals surface area contributed by atoms with Crippen molar-refractivity contribution in [3.05, 3.63) is 41.2 Å². The molecule has 4 N–H and O–H groups in total. The van der Waals surface area contributed by atoms with Crippen molar-refractivity contribution in [2.45, 2.75) is 12.5 Å². The second-order valence-corrected chi connectivity index (χ2v) is 7.59. The number of aromatic nitrogens is 2. The fraction of sp³-hybridized carbons (Fsp3) is 0.450. The second kappa shape index (κ2) is 10.4. The van der Waals surface area contributed by atoms with Gasteiger partial charge in [-0.15, -0.1) is 0 Å². The summed E-state index contributed by atoms with van der Waals surface area (Å²) in [6.07, 6.45) is 1.03. The minimum absolute atomic E-state index is 0.0570. The molecule has 1 aliphatic heterocycles. The lowest BCUT2D eigenvalue weighted by molar-refractivity contribution is -0.117. The fourth-order valence-electron chi connectivity index (χ4n) is 3.41. The molecule has 1 fully saturated rings. The van der Waals surface area contributed by atoms with E-state index in [4.69, 9.17) is 22.1 Å². The number of carbonyl (C=O) groups excluding carboxylic acids is 1. The van der Waals surface area contributed by atoms with Crippen molar-refractivity contribution >= 4 is 29.1 Å². The SMILES string of the molecule is COc1ccc(Cl)cc1N1CCN(CC(O)CNc2nccc(CC(N)=O)n2)CC1. The van der Waals surface area contributed by atoms with Gasteiger partial charge in [-0.3, -0.25) is 9.69 Å². The van der Waals surface area contributed by atoms with Crippen molar-refractivity contribution in [3.8, 4) is 5.75 Å². The summed E-state index contributed by atoms with van der Waals surface area (Å²) in [6, 6.07) is 7.25. The van der Waals surface area contributed by atoms with Crippen LogP contribution >= 0.6 is 11.6 Å². The summed E-state index contributed by atoms with van der Waals surface area (Å²) in [5, 5.41) is 14.1. The lowest BCUT2D eigenvalue weighted by Gasteiger charge is -2.37. The average molecular weight is 435 g/mol. The minimum atomic E-state index is -0.583. The Balaban J connectivity index is 1.46. The molecular formula is C20H27ClN6O3. The Morgan fingerprint density at radius 1 is 1.33 bits per heavy atom. The molecule has 10 heteroatoms. The van der Waals surface area contributed by atoms with Crippen LogP contribution in [0.25, 0.3) is 0 Å². The van der Waals surface area contributed by atoms with Gasteiger partial charge in [0.15, 0.2) is 0 Å². The number of carbonyl (C=O) groups is 1. The number of amides is 1. The number of methoxy groups -OCH3 is 1. The van der Waals surface area contributed by atoms with Crippen LogP contribution in [0.1, 0.15) is 5.69 Å². The van der Waals surface area contributed by atoms with Crippen LogP contribution in [0, 0.1) is 0 Å². The first-order valence-electron chi connectivity index (χ1n) is 9.77. The summed E-state index contributed by atoms with van der Waals surface area (Å²) in [4.78, 5) is 23.8. The predicted octanol–water partition coefficient (Wildman–Crippen LogP) is 0.761. The molecule has 1 unspecified atom stereocenters. The van der Waals surface area contributed by atoms with Gasteiger partial charge in [-0.1, -0.05) is 11.6 Å². The van der Waals surface area contributed by atoms with Crippen LogP contribution in [0.3, 0.4) is 0 Å². The molecule has 0 spiro atoms. The first kappa shape index (κ1) is 22.1. The van der Waals surface area contributed by atoms with Crippen LogP contribution in [0.2, 0.25) is 5.02 Å². The average Bonchev–Trinajstić information content (AvgIpc) is 2.72. The first-order valence-corrected chi connectivity index (χ1v) is 10.2. The summed E-state index contributed by atoms with van der Waals surface area (Å²) in [7, 11) is 1.65. The van der Waals surface area contributed by atoms with Gasteiger partial charge in [0.05, 0.1) is 31.0 Å². The van der Waals surface area contributed by atoms with Crippen LogP contribution in [-0.2, 0) is 11.2 Å². The van der Waals surface area contributed by atoms with Gasteiger partial charge in [0.2, 0.25) is 11.9 Å². The van der Waals surface area contributed by atoms with Gasteiger partial charge in [-0.2, -0.15) is 0 Å². The van der Waals surface area contributed by atoms with E-state index in [9.17, 15) is 9.90 Å². The highest BCUT2D eigenvalue weighted by Crippen LogP contribution is 2.31. The van der Waals surface area contributed by atoms with E-state index in [0.29, 0.717) is 29.8 Å². The molecule has 1 saturated heterocycles. The van der Waals surface area contributed by atoms with Crippen molar-refractivity contribution in [2.24, 2.45) is 5.73 Å². The number of β-amino-alcohol motifs (C(OH)–C–C–N with tert-alkyl or cyclic N) is 1. The van der Waals surface area contributed by atoms with E-state index in [1.54, 1.807) is 19.4 Å². The standard InChI is InChI=1S/C20H27ClN6O3/c1-30-18-3-2-14(21)10-17(18)27-8-6-26(7-9-27)13-16(28)12-24-20-23-5-4-15(25-20)11-19(22)29/h2-5,10,16,28H,6-9,11-13H2,1H3,(H2,22,29)(H,23,24,25). The number of hydrogen-bond donors (Lipinski definition) is 3. The molecule has 0 aliphatic carbocycles. The number of primary amides is 1. The zero-order chi connectivity index (χ0) is 21.5. The maximum absolute atomic E-state index is 11.0. The maximum atomic E-state index is 11.0. The molecule has 1 amide bonds. The monoisotopic (exact) mass is 434 g/mol. The van der Waals surface area contributed by atoms with Gasteiger partial charge >= 0.3 is 0 Å². The number of piperazine rings is 1. The molecule has 2 aromatic rings. The van der Waals surface area contributed by atoms with Crippen LogP contribution < -0.4 is 20.7 Å². The number of rotatable bonds is 9. The van der Waals surface area contributed by atoms with Crippen LogP contribution in [0.15, 0.2) is 30.5 Å². The molecule has 1 aliphatic rings. The van der Waals surface area contributed by atoms with Gasteiger partial charge < -0.3 is 25.8 Å². The molecule has 3 rings (SSSR count). The molecule has 162 valence electrons. The highest BCUT2D eigenvalue weighted by Gasteiger charge is 2.21. The van der Waals surface area contributed by atoms with E-state index < -0.39 is 12.0 Å². The Kier molecular flexibility index (Phi) is 7.67. The lowest BCUT2D eigenvalue weighted by atomic mass is 10.2. The number of benzene rings is 1. The summed E-state index contributed by atoms with van der Waals surface area (Å²) in [6.45, 7) is 4.11. The Bertz CT molecular complexity index is 860. The molecule has 1 aromatic carbocycles. The largest absolute Gasteiger partial charge is 0.495 e. The van der Waals surface area contributed by atoms with Gasteiger partial charge in [0.1, 0.15) is 5.75 Å². The van der Waals surface area contributed by atoms with Crippen molar-refractivity contribution in [2.75, 3.05) is 56.6 Å². The van der Waals surface area contributed by atoms with Crippen LogP contribution in [0.4, 0.5) is 11.6 Å². The van der Waals surface area contributed by atoms with E-state index in [1.165, 1.54) is 0 Å². The lowest BCUT2D eigenvalue weighted by Crippen LogP contribution is -2.49. The summed E-state index contributed by atoms with van der Waals surface area (Å²) < 4.78 is 5.45. The van der Waals surface area contributed by atoms with Gasteiger partial charge in [0, 0.05) is 50.5 Å².